The Morgan fingerprint density at radius 3 is 2.38 bits per heavy atom. The molecule has 136 valence electrons. The molecule has 0 aliphatic heterocycles. The fraction of sp³-hybridized carbons (Fsp3) is 0.643. The molecule has 1 aromatic rings. The third-order valence-corrected chi connectivity index (χ3v) is 5.49. The Bertz CT molecular complexity index is 726. The van der Waals surface area contributed by atoms with Gasteiger partial charge in [-0.25, -0.2) is 8.42 Å². The second-order valence-corrected chi connectivity index (χ2v) is 7.18. The number of likely N-dealkylation sites (N-methyl/N-ethyl adjacent to an activating group) is 1. The molecule has 0 radical (unpaired) electrons. The summed E-state index contributed by atoms with van der Waals surface area (Å²) in [6.07, 6.45) is -0.195. The first kappa shape index (κ1) is 20.1. The second-order valence-electron chi connectivity index (χ2n) is 5.53. The molecular weight excluding hydrogens is 336 g/mol. The van der Waals surface area contributed by atoms with E-state index >= 15 is 0 Å². The maximum absolute atomic E-state index is 12.5. The minimum atomic E-state index is -3.92. The van der Waals surface area contributed by atoms with E-state index in [1.807, 2.05) is 0 Å². The maximum atomic E-state index is 12.5. The first-order valence-electron chi connectivity index (χ1n) is 7.54. The number of nitrogens with zero attached hydrogens (tertiary/aromatic N) is 3. The van der Waals surface area contributed by atoms with Crippen LogP contribution < -0.4 is 4.72 Å². The Kier molecular flexibility index (Phi) is 6.50. The van der Waals surface area contributed by atoms with Gasteiger partial charge in [0.1, 0.15) is 4.90 Å². The van der Waals surface area contributed by atoms with Crippen LogP contribution in [0, 0.1) is 13.8 Å². The lowest BCUT2D eigenvalue weighted by molar-refractivity contribution is -0.138. The largest absolute Gasteiger partial charge is 0.481 e. The van der Waals surface area contributed by atoms with Crippen molar-refractivity contribution < 1.29 is 23.1 Å². The number of rotatable bonds is 8. The molecule has 10 heteroatoms. The van der Waals surface area contributed by atoms with E-state index in [9.17, 15) is 18.0 Å². The molecular formula is C14H24N4O5S. The van der Waals surface area contributed by atoms with E-state index in [1.165, 1.54) is 16.5 Å². The highest BCUT2D eigenvalue weighted by Gasteiger charge is 2.29. The standard InChI is InChI=1S/C14H24N4O5S/c1-6-18(8-7-12(19)20)14(21)10(3)16-24(22,23)13-9(2)15-17(5)11(13)4/h10,16H,6-8H2,1-5H3,(H,19,20). The minimum Gasteiger partial charge on any atom is -0.481 e. The summed E-state index contributed by atoms with van der Waals surface area (Å²) in [6.45, 7) is 6.68. The lowest BCUT2D eigenvalue weighted by Gasteiger charge is -2.24. The Morgan fingerprint density at radius 1 is 1.38 bits per heavy atom. The summed E-state index contributed by atoms with van der Waals surface area (Å²) in [4.78, 5) is 24.4. The first-order valence-corrected chi connectivity index (χ1v) is 9.02. The Hall–Kier alpha value is -1.94. The molecule has 2 N–H and O–H groups in total. The SMILES string of the molecule is CCN(CCC(=O)O)C(=O)C(C)NS(=O)(=O)c1c(C)nn(C)c1C. The van der Waals surface area contributed by atoms with Gasteiger partial charge in [-0.15, -0.1) is 0 Å². The Balaban J connectivity index is 2.93. The van der Waals surface area contributed by atoms with E-state index in [2.05, 4.69) is 9.82 Å². The molecule has 0 spiro atoms. The van der Waals surface area contributed by atoms with Gasteiger partial charge in [-0.3, -0.25) is 14.3 Å². The number of aryl methyl sites for hydroxylation is 2. The van der Waals surface area contributed by atoms with Gasteiger partial charge in [-0.1, -0.05) is 0 Å². The molecule has 1 rings (SSSR count). The number of aromatic nitrogens is 2. The summed E-state index contributed by atoms with van der Waals surface area (Å²) in [7, 11) is -2.28. The van der Waals surface area contributed by atoms with E-state index in [0.717, 1.165) is 0 Å². The first-order chi connectivity index (χ1) is 11.0. The van der Waals surface area contributed by atoms with Crippen molar-refractivity contribution in [1.29, 1.82) is 0 Å². The van der Waals surface area contributed by atoms with Crippen LogP contribution in [0.2, 0.25) is 0 Å². The van der Waals surface area contributed by atoms with Gasteiger partial charge < -0.3 is 10.0 Å². The van der Waals surface area contributed by atoms with Gasteiger partial charge in [0.25, 0.3) is 0 Å². The third-order valence-electron chi connectivity index (χ3n) is 3.70. The van der Waals surface area contributed by atoms with Crippen molar-refractivity contribution in [3.8, 4) is 0 Å². The molecule has 1 atom stereocenters. The topological polar surface area (TPSA) is 122 Å². The summed E-state index contributed by atoms with van der Waals surface area (Å²) in [5.74, 6) is -1.49. The van der Waals surface area contributed by atoms with Crippen molar-refractivity contribution >= 4 is 21.9 Å². The predicted octanol–water partition coefficient (Wildman–Crippen LogP) is 0.0269. The number of sulfonamides is 1. The highest BCUT2D eigenvalue weighted by Crippen LogP contribution is 2.18. The van der Waals surface area contributed by atoms with Crippen molar-refractivity contribution in [1.82, 2.24) is 19.4 Å². The van der Waals surface area contributed by atoms with Crippen LogP contribution in [0.1, 0.15) is 31.7 Å². The fourth-order valence-corrected chi connectivity index (χ4v) is 4.05. The van der Waals surface area contributed by atoms with Crippen molar-refractivity contribution in [2.75, 3.05) is 13.1 Å². The molecule has 0 saturated carbocycles. The van der Waals surface area contributed by atoms with Crippen LogP contribution in [-0.2, 0) is 26.7 Å². The number of nitrogens with one attached hydrogen (secondary N) is 1. The second kappa shape index (κ2) is 7.75. The molecule has 9 nitrogen and oxygen atoms in total. The van der Waals surface area contributed by atoms with Crippen LogP contribution in [0.5, 0.6) is 0 Å². The number of hydrogen-bond donors (Lipinski definition) is 2. The van der Waals surface area contributed by atoms with Crippen LogP contribution in [-0.4, -0.2) is 59.2 Å². The maximum Gasteiger partial charge on any atom is 0.305 e. The number of amides is 1. The van der Waals surface area contributed by atoms with Crippen LogP contribution >= 0.6 is 0 Å². The van der Waals surface area contributed by atoms with Gasteiger partial charge >= 0.3 is 5.97 Å². The van der Waals surface area contributed by atoms with Crippen molar-refractivity contribution in [2.45, 2.75) is 45.1 Å². The quantitative estimate of drug-likeness (QED) is 0.674. The zero-order chi connectivity index (χ0) is 18.7. The average Bonchev–Trinajstić information content (AvgIpc) is 2.72. The Morgan fingerprint density at radius 2 is 1.96 bits per heavy atom. The van der Waals surface area contributed by atoms with Gasteiger partial charge in [-0.05, 0) is 27.7 Å². The third kappa shape index (κ3) is 4.54. The molecule has 24 heavy (non-hydrogen) atoms. The summed E-state index contributed by atoms with van der Waals surface area (Å²) in [5, 5.41) is 12.8. The summed E-state index contributed by atoms with van der Waals surface area (Å²) >= 11 is 0. The molecule has 0 fully saturated rings. The van der Waals surface area contributed by atoms with E-state index in [1.54, 1.807) is 27.8 Å². The zero-order valence-corrected chi connectivity index (χ0v) is 15.3. The number of aliphatic carboxylic acids is 1. The zero-order valence-electron chi connectivity index (χ0n) is 14.5. The normalized spacial score (nSPS) is 12.9. The van der Waals surface area contributed by atoms with Crippen molar-refractivity contribution in [2.24, 2.45) is 7.05 Å². The number of hydrogen-bond acceptors (Lipinski definition) is 5. The number of carboxylic acid groups (broad SMARTS) is 1. The molecule has 0 saturated heterocycles. The number of carbonyl (C=O) groups excluding carboxylic acids is 1. The van der Waals surface area contributed by atoms with Gasteiger partial charge in [0.2, 0.25) is 15.9 Å². The van der Waals surface area contributed by atoms with Gasteiger partial charge in [-0.2, -0.15) is 9.82 Å². The van der Waals surface area contributed by atoms with Gasteiger partial charge in [0.05, 0.1) is 23.9 Å². The Labute approximate surface area is 141 Å². The van der Waals surface area contributed by atoms with E-state index in [4.69, 9.17) is 5.11 Å². The predicted molar refractivity (Wildman–Crippen MR) is 87.0 cm³/mol. The summed E-state index contributed by atoms with van der Waals surface area (Å²) in [6, 6.07) is -1.01. The molecule has 0 aromatic carbocycles. The van der Waals surface area contributed by atoms with Gasteiger partial charge in [0.15, 0.2) is 0 Å². The number of carboxylic acids is 1. The van der Waals surface area contributed by atoms with E-state index in [-0.39, 0.29) is 17.9 Å². The summed E-state index contributed by atoms with van der Waals surface area (Å²) < 4.78 is 28.9. The summed E-state index contributed by atoms with van der Waals surface area (Å²) in [5.41, 5.74) is 0.818. The molecule has 0 bridgehead atoms. The molecule has 1 heterocycles. The van der Waals surface area contributed by atoms with Crippen LogP contribution in [0.3, 0.4) is 0 Å². The lowest BCUT2D eigenvalue weighted by Crippen LogP contribution is -2.47. The van der Waals surface area contributed by atoms with Crippen LogP contribution in [0.15, 0.2) is 4.90 Å². The average molecular weight is 360 g/mol. The fourth-order valence-electron chi connectivity index (χ4n) is 2.41. The number of carbonyl (C=O) groups is 2. The molecule has 0 aliphatic rings. The molecule has 1 aromatic heterocycles. The minimum absolute atomic E-state index is 0.0294. The molecule has 1 amide bonds. The smallest absolute Gasteiger partial charge is 0.305 e. The van der Waals surface area contributed by atoms with Crippen LogP contribution in [0.25, 0.3) is 0 Å². The van der Waals surface area contributed by atoms with E-state index < -0.39 is 27.9 Å². The van der Waals surface area contributed by atoms with Crippen molar-refractivity contribution in [3.63, 3.8) is 0 Å². The van der Waals surface area contributed by atoms with E-state index in [0.29, 0.717) is 17.9 Å². The highest BCUT2D eigenvalue weighted by atomic mass is 32.2. The highest BCUT2D eigenvalue weighted by molar-refractivity contribution is 7.89. The monoisotopic (exact) mass is 360 g/mol. The van der Waals surface area contributed by atoms with Gasteiger partial charge in [0, 0.05) is 20.1 Å². The molecule has 1 unspecified atom stereocenters. The molecule has 0 aliphatic carbocycles. The van der Waals surface area contributed by atoms with Crippen LogP contribution in [0.4, 0.5) is 0 Å². The lowest BCUT2D eigenvalue weighted by atomic mass is 10.3. The van der Waals surface area contributed by atoms with Crippen molar-refractivity contribution in [3.05, 3.63) is 11.4 Å².